The van der Waals surface area contributed by atoms with Crippen LogP contribution >= 0.6 is 27.7 Å². The van der Waals surface area contributed by atoms with Crippen LogP contribution in [-0.4, -0.2) is 17.4 Å². The third kappa shape index (κ3) is 3.25. The van der Waals surface area contributed by atoms with E-state index < -0.39 is 0 Å². The molecule has 16 heavy (non-hydrogen) atoms. The van der Waals surface area contributed by atoms with Crippen LogP contribution in [-0.2, 0) is 4.79 Å². The van der Waals surface area contributed by atoms with Crippen molar-refractivity contribution in [2.45, 2.75) is 12.8 Å². The van der Waals surface area contributed by atoms with Gasteiger partial charge in [0.15, 0.2) is 0 Å². The van der Waals surface area contributed by atoms with Crippen LogP contribution in [0.5, 0.6) is 0 Å². The maximum atomic E-state index is 11.9. The number of carbonyl (C=O) groups excluding carboxylic acids is 1. The zero-order valence-electron chi connectivity index (χ0n) is 8.91. The molecule has 4 heteroatoms. The van der Waals surface area contributed by atoms with Gasteiger partial charge in [-0.25, -0.2) is 0 Å². The van der Waals surface area contributed by atoms with Gasteiger partial charge < -0.3 is 5.32 Å². The van der Waals surface area contributed by atoms with Gasteiger partial charge in [0, 0.05) is 21.8 Å². The van der Waals surface area contributed by atoms with Crippen LogP contribution < -0.4 is 5.32 Å². The fourth-order valence-corrected chi connectivity index (χ4v) is 3.13. The Morgan fingerprint density at radius 1 is 1.38 bits per heavy atom. The Balaban J connectivity index is 1.93. The molecule has 1 fully saturated rings. The molecule has 0 spiro atoms. The minimum absolute atomic E-state index is 0.162. The molecule has 0 bridgehead atoms. The van der Waals surface area contributed by atoms with E-state index in [4.69, 9.17) is 0 Å². The first-order chi connectivity index (χ1) is 7.75. The lowest BCUT2D eigenvalue weighted by Gasteiger charge is -2.20. The SMILES string of the molecule is O=C(Nc1ccc(Br)cc1)C1CCCSC1. The van der Waals surface area contributed by atoms with Crippen molar-refractivity contribution in [2.75, 3.05) is 16.8 Å². The van der Waals surface area contributed by atoms with E-state index in [9.17, 15) is 4.79 Å². The molecule has 1 aliphatic heterocycles. The summed E-state index contributed by atoms with van der Waals surface area (Å²) in [5, 5.41) is 2.97. The van der Waals surface area contributed by atoms with Crippen molar-refractivity contribution in [3.63, 3.8) is 0 Å². The number of thioether (sulfide) groups is 1. The van der Waals surface area contributed by atoms with Gasteiger partial charge in [-0.3, -0.25) is 4.79 Å². The number of benzene rings is 1. The number of nitrogens with one attached hydrogen (secondary N) is 1. The minimum atomic E-state index is 0.162. The Morgan fingerprint density at radius 2 is 2.12 bits per heavy atom. The topological polar surface area (TPSA) is 29.1 Å². The first-order valence-electron chi connectivity index (χ1n) is 5.40. The molecule has 0 aromatic heterocycles. The summed E-state index contributed by atoms with van der Waals surface area (Å²) in [6.45, 7) is 0. The Labute approximate surface area is 108 Å². The number of carbonyl (C=O) groups is 1. The van der Waals surface area contributed by atoms with Crippen LogP contribution in [0.15, 0.2) is 28.7 Å². The lowest BCUT2D eigenvalue weighted by molar-refractivity contribution is -0.119. The van der Waals surface area contributed by atoms with Gasteiger partial charge in [-0.2, -0.15) is 11.8 Å². The van der Waals surface area contributed by atoms with Crippen molar-refractivity contribution in [1.82, 2.24) is 0 Å². The minimum Gasteiger partial charge on any atom is -0.326 e. The second-order valence-corrected chi connectivity index (χ2v) is 5.98. The summed E-state index contributed by atoms with van der Waals surface area (Å²) in [6, 6.07) is 7.70. The second-order valence-electron chi connectivity index (χ2n) is 3.91. The van der Waals surface area contributed by atoms with Crippen LogP contribution in [0, 0.1) is 5.92 Å². The number of halogens is 1. The molecule has 1 aliphatic rings. The fourth-order valence-electron chi connectivity index (χ4n) is 1.73. The lowest BCUT2D eigenvalue weighted by Crippen LogP contribution is -2.27. The number of hydrogen-bond donors (Lipinski definition) is 1. The molecule has 1 amide bonds. The van der Waals surface area contributed by atoms with E-state index in [1.54, 1.807) is 0 Å². The number of anilines is 1. The molecule has 1 unspecified atom stereocenters. The molecular weight excluding hydrogens is 286 g/mol. The van der Waals surface area contributed by atoms with E-state index >= 15 is 0 Å². The van der Waals surface area contributed by atoms with E-state index in [2.05, 4.69) is 21.2 Å². The van der Waals surface area contributed by atoms with Crippen LogP contribution in [0.3, 0.4) is 0 Å². The number of rotatable bonds is 2. The second kappa shape index (κ2) is 5.73. The molecular formula is C12H14BrNOS. The lowest BCUT2D eigenvalue weighted by atomic mass is 10.0. The molecule has 86 valence electrons. The molecule has 1 aromatic rings. The summed E-state index contributed by atoms with van der Waals surface area (Å²) in [6.07, 6.45) is 2.18. The summed E-state index contributed by atoms with van der Waals surface area (Å²) in [4.78, 5) is 11.9. The van der Waals surface area contributed by atoms with Crippen LogP contribution in [0.4, 0.5) is 5.69 Å². The largest absolute Gasteiger partial charge is 0.326 e. The summed E-state index contributed by atoms with van der Waals surface area (Å²) >= 11 is 5.25. The first-order valence-corrected chi connectivity index (χ1v) is 7.34. The van der Waals surface area contributed by atoms with Crippen molar-refractivity contribution in [3.8, 4) is 0 Å². The van der Waals surface area contributed by atoms with E-state index in [1.165, 1.54) is 5.75 Å². The maximum Gasteiger partial charge on any atom is 0.228 e. The highest BCUT2D eigenvalue weighted by Gasteiger charge is 2.21. The molecule has 1 aromatic carbocycles. The summed E-state index contributed by atoms with van der Waals surface area (Å²) in [7, 11) is 0. The van der Waals surface area contributed by atoms with Crippen LogP contribution in [0.25, 0.3) is 0 Å². The molecule has 0 aliphatic carbocycles. The Morgan fingerprint density at radius 3 is 2.75 bits per heavy atom. The zero-order chi connectivity index (χ0) is 11.4. The van der Waals surface area contributed by atoms with Gasteiger partial charge in [-0.05, 0) is 42.9 Å². The standard InChI is InChI=1S/C12H14BrNOS/c13-10-3-5-11(6-4-10)14-12(15)9-2-1-7-16-8-9/h3-6,9H,1-2,7-8H2,(H,14,15). The van der Waals surface area contributed by atoms with Gasteiger partial charge >= 0.3 is 0 Å². The number of amides is 1. The summed E-state index contributed by atoms with van der Waals surface area (Å²) < 4.78 is 1.03. The average molecular weight is 300 g/mol. The predicted molar refractivity (Wildman–Crippen MR) is 72.8 cm³/mol. The van der Waals surface area contributed by atoms with Gasteiger partial charge in [0.2, 0.25) is 5.91 Å². The van der Waals surface area contributed by atoms with E-state index in [-0.39, 0.29) is 11.8 Å². The van der Waals surface area contributed by atoms with Gasteiger partial charge in [0.1, 0.15) is 0 Å². The van der Waals surface area contributed by atoms with Crippen LogP contribution in [0.1, 0.15) is 12.8 Å². The molecule has 1 N–H and O–H groups in total. The van der Waals surface area contributed by atoms with Gasteiger partial charge in [-0.15, -0.1) is 0 Å². The molecule has 1 heterocycles. The van der Waals surface area contributed by atoms with Crippen molar-refractivity contribution in [1.29, 1.82) is 0 Å². The number of hydrogen-bond acceptors (Lipinski definition) is 2. The van der Waals surface area contributed by atoms with E-state index in [0.717, 1.165) is 28.8 Å². The molecule has 0 saturated carbocycles. The molecule has 2 rings (SSSR count). The highest BCUT2D eigenvalue weighted by atomic mass is 79.9. The zero-order valence-corrected chi connectivity index (χ0v) is 11.3. The fraction of sp³-hybridized carbons (Fsp3) is 0.417. The van der Waals surface area contributed by atoms with Crippen molar-refractivity contribution in [3.05, 3.63) is 28.7 Å². The average Bonchev–Trinajstić information content (AvgIpc) is 2.33. The highest BCUT2D eigenvalue weighted by molar-refractivity contribution is 9.10. The predicted octanol–water partition coefficient (Wildman–Crippen LogP) is 3.53. The monoisotopic (exact) mass is 299 g/mol. The Hall–Kier alpha value is -0.480. The van der Waals surface area contributed by atoms with Gasteiger partial charge in [0.25, 0.3) is 0 Å². The van der Waals surface area contributed by atoms with Gasteiger partial charge in [0.05, 0.1) is 0 Å². The smallest absolute Gasteiger partial charge is 0.228 e. The third-order valence-electron chi connectivity index (χ3n) is 2.64. The molecule has 2 nitrogen and oxygen atoms in total. The van der Waals surface area contributed by atoms with Crippen molar-refractivity contribution >= 4 is 39.3 Å². The molecule has 1 atom stereocenters. The first kappa shape index (κ1) is 12.0. The summed E-state index contributed by atoms with van der Waals surface area (Å²) in [5.74, 6) is 2.50. The third-order valence-corrected chi connectivity index (χ3v) is 4.39. The Kier molecular flexibility index (Phi) is 4.29. The van der Waals surface area contributed by atoms with E-state index in [1.807, 2.05) is 36.0 Å². The van der Waals surface area contributed by atoms with E-state index in [0.29, 0.717) is 0 Å². The quantitative estimate of drug-likeness (QED) is 0.905. The maximum absolute atomic E-state index is 11.9. The van der Waals surface area contributed by atoms with Crippen LogP contribution in [0.2, 0.25) is 0 Å². The Bertz CT molecular complexity index is 360. The molecule has 1 saturated heterocycles. The van der Waals surface area contributed by atoms with Crippen molar-refractivity contribution in [2.24, 2.45) is 5.92 Å². The van der Waals surface area contributed by atoms with Crippen molar-refractivity contribution < 1.29 is 4.79 Å². The normalized spacial score (nSPS) is 20.4. The summed E-state index contributed by atoms with van der Waals surface area (Å²) in [5.41, 5.74) is 0.878. The highest BCUT2D eigenvalue weighted by Crippen LogP contribution is 2.24. The van der Waals surface area contributed by atoms with Gasteiger partial charge in [-0.1, -0.05) is 15.9 Å². The molecule has 0 radical (unpaired) electrons.